The number of H-pyrrole nitrogens is 1. The van der Waals surface area contributed by atoms with Crippen LogP contribution in [0.5, 0.6) is 0 Å². The fraction of sp³-hybridized carbons (Fsp3) is 0.0909. The molecule has 0 amide bonds. The molecule has 82 valence electrons. The average Bonchev–Trinajstić information content (AvgIpc) is 2.26. The number of halogens is 2. The molecule has 0 bridgehead atoms. The third kappa shape index (κ3) is 1.99. The maximum Gasteiger partial charge on any atom is 0.197 e. The van der Waals surface area contributed by atoms with E-state index in [1.165, 1.54) is 6.07 Å². The third-order valence-electron chi connectivity index (χ3n) is 2.23. The standard InChI is InChI=1S/C11H8F2N2S/c1-6-2-3-7(4-8(6)12)10-9(13)5-14-11(16)15-10/h2-5H,1H3,(H,14,15,16). The predicted molar refractivity (Wildman–Crippen MR) is 59.5 cm³/mol. The third-order valence-corrected chi connectivity index (χ3v) is 2.43. The molecule has 1 heterocycles. The largest absolute Gasteiger partial charge is 0.328 e. The minimum Gasteiger partial charge on any atom is -0.328 e. The van der Waals surface area contributed by atoms with Crippen LogP contribution >= 0.6 is 12.2 Å². The Balaban J connectivity index is 2.62. The Bertz CT molecular complexity index is 593. The minimum absolute atomic E-state index is 0.152. The van der Waals surface area contributed by atoms with Crippen molar-refractivity contribution in [2.45, 2.75) is 6.92 Å². The average molecular weight is 238 g/mol. The van der Waals surface area contributed by atoms with Crippen LogP contribution in [0.1, 0.15) is 5.56 Å². The van der Waals surface area contributed by atoms with Gasteiger partial charge in [0.2, 0.25) is 0 Å². The Hall–Kier alpha value is -1.62. The highest BCUT2D eigenvalue weighted by atomic mass is 32.1. The molecule has 5 heteroatoms. The van der Waals surface area contributed by atoms with Crippen molar-refractivity contribution in [2.75, 3.05) is 0 Å². The number of hydrogen-bond acceptors (Lipinski definition) is 2. The summed E-state index contributed by atoms with van der Waals surface area (Å²) < 4.78 is 26.9. The first-order chi connectivity index (χ1) is 7.58. The fourth-order valence-electron chi connectivity index (χ4n) is 1.34. The van der Waals surface area contributed by atoms with E-state index in [2.05, 4.69) is 9.97 Å². The minimum atomic E-state index is -0.558. The highest BCUT2D eigenvalue weighted by molar-refractivity contribution is 7.71. The van der Waals surface area contributed by atoms with Crippen molar-refractivity contribution in [3.63, 3.8) is 0 Å². The Morgan fingerprint density at radius 2 is 2.00 bits per heavy atom. The molecule has 0 saturated carbocycles. The van der Waals surface area contributed by atoms with E-state index in [0.717, 1.165) is 6.20 Å². The second-order valence-corrected chi connectivity index (χ2v) is 3.76. The summed E-state index contributed by atoms with van der Waals surface area (Å²) in [6, 6.07) is 4.47. The maximum atomic E-state index is 13.4. The molecule has 0 unspecified atom stereocenters. The molecule has 0 aliphatic heterocycles. The van der Waals surface area contributed by atoms with Crippen LogP contribution in [0, 0.1) is 23.3 Å². The van der Waals surface area contributed by atoms with Gasteiger partial charge in [0.25, 0.3) is 0 Å². The molecule has 0 fully saturated rings. The first-order valence-corrected chi connectivity index (χ1v) is 5.00. The van der Waals surface area contributed by atoms with Gasteiger partial charge in [-0.2, -0.15) is 0 Å². The van der Waals surface area contributed by atoms with Gasteiger partial charge < -0.3 is 4.98 Å². The lowest BCUT2D eigenvalue weighted by atomic mass is 10.1. The van der Waals surface area contributed by atoms with Crippen molar-refractivity contribution in [2.24, 2.45) is 0 Å². The van der Waals surface area contributed by atoms with Crippen molar-refractivity contribution >= 4 is 12.2 Å². The second-order valence-electron chi connectivity index (χ2n) is 3.38. The molecule has 0 aliphatic carbocycles. The van der Waals surface area contributed by atoms with Gasteiger partial charge in [-0.25, -0.2) is 13.8 Å². The van der Waals surface area contributed by atoms with Gasteiger partial charge in [-0.3, -0.25) is 0 Å². The van der Waals surface area contributed by atoms with E-state index in [9.17, 15) is 8.78 Å². The van der Waals surface area contributed by atoms with Crippen molar-refractivity contribution in [1.29, 1.82) is 0 Å². The predicted octanol–water partition coefficient (Wildman–Crippen LogP) is 3.39. The molecule has 0 saturated heterocycles. The Morgan fingerprint density at radius 1 is 1.25 bits per heavy atom. The van der Waals surface area contributed by atoms with Crippen molar-refractivity contribution < 1.29 is 8.78 Å². The zero-order chi connectivity index (χ0) is 11.7. The number of aryl methyl sites for hydroxylation is 1. The van der Waals surface area contributed by atoms with Crippen LogP contribution in [0.2, 0.25) is 0 Å². The maximum absolute atomic E-state index is 13.4. The SMILES string of the molecule is Cc1ccc(-c2[nH]c(=S)ncc2F)cc1F. The molecule has 2 nitrogen and oxygen atoms in total. The molecule has 2 aromatic rings. The lowest BCUT2D eigenvalue weighted by Gasteiger charge is -2.04. The van der Waals surface area contributed by atoms with Crippen LogP contribution in [0.4, 0.5) is 8.78 Å². The summed E-state index contributed by atoms with van der Waals surface area (Å²) >= 11 is 4.79. The molecule has 0 aliphatic rings. The molecule has 1 N–H and O–H groups in total. The summed E-state index contributed by atoms with van der Waals surface area (Å²) in [5, 5.41) is 0. The number of hydrogen-bond donors (Lipinski definition) is 1. The molecular formula is C11H8F2N2S. The molecule has 1 aromatic carbocycles. The molecule has 0 spiro atoms. The number of aromatic amines is 1. The van der Waals surface area contributed by atoms with E-state index in [0.29, 0.717) is 11.1 Å². The zero-order valence-corrected chi connectivity index (χ0v) is 9.24. The van der Waals surface area contributed by atoms with E-state index < -0.39 is 5.82 Å². The summed E-state index contributed by atoms with van der Waals surface area (Å²) in [5.74, 6) is -0.940. The van der Waals surface area contributed by atoms with Gasteiger partial charge in [0.05, 0.1) is 11.9 Å². The van der Waals surface area contributed by atoms with Crippen molar-refractivity contribution in [1.82, 2.24) is 9.97 Å². The number of nitrogens with one attached hydrogen (secondary N) is 1. The zero-order valence-electron chi connectivity index (χ0n) is 8.42. The van der Waals surface area contributed by atoms with Crippen LogP contribution in [0.25, 0.3) is 11.3 Å². The summed E-state index contributed by atoms with van der Waals surface area (Å²) in [6.45, 7) is 1.64. The highest BCUT2D eigenvalue weighted by Crippen LogP contribution is 2.21. The lowest BCUT2D eigenvalue weighted by molar-refractivity contribution is 0.612. The van der Waals surface area contributed by atoms with E-state index in [4.69, 9.17) is 12.2 Å². The molecular weight excluding hydrogens is 230 g/mol. The second kappa shape index (κ2) is 4.09. The number of aromatic nitrogens is 2. The first-order valence-electron chi connectivity index (χ1n) is 4.59. The normalized spacial score (nSPS) is 10.4. The van der Waals surface area contributed by atoms with Crippen LogP contribution in [-0.4, -0.2) is 9.97 Å². The van der Waals surface area contributed by atoms with Crippen LogP contribution < -0.4 is 0 Å². The van der Waals surface area contributed by atoms with E-state index in [1.54, 1.807) is 19.1 Å². The van der Waals surface area contributed by atoms with E-state index in [-0.39, 0.29) is 16.3 Å². The van der Waals surface area contributed by atoms with Gasteiger partial charge in [0.15, 0.2) is 10.6 Å². The molecule has 2 rings (SSSR count). The summed E-state index contributed by atoms with van der Waals surface area (Å²) in [5.41, 5.74) is 1.07. The van der Waals surface area contributed by atoms with Gasteiger partial charge in [-0.15, -0.1) is 0 Å². The smallest absolute Gasteiger partial charge is 0.197 e. The number of rotatable bonds is 1. The van der Waals surface area contributed by atoms with Crippen molar-refractivity contribution in [3.05, 3.63) is 46.4 Å². The topological polar surface area (TPSA) is 28.7 Å². The van der Waals surface area contributed by atoms with Crippen LogP contribution in [-0.2, 0) is 0 Å². The van der Waals surface area contributed by atoms with Crippen LogP contribution in [0.15, 0.2) is 24.4 Å². The van der Waals surface area contributed by atoms with Gasteiger partial charge in [0.1, 0.15) is 5.82 Å². The highest BCUT2D eigenvalue weighted by Gasteiger charge is 2.07. The van der Waals surface area contributed by atoms with Crippen LogP contribution in [0.3, 0.4) is 0 Å². The Morgan fingerprint density at radius 3 is 2.69 bits per heavy atom. The van der Waals surface area contributed by atoms with Gasteiger partial charge in [0, 0.05) is 5.56 Å². The van der Waals surface area contributed by atoms with E-state index in [1.807, 2.05) is 0 Å². The summed E-state index contributed by atoms with van der Waals surface area (Å²) in [6.07, 6.45) is 1.02. The van der Waals surface area contributed by atoms with E-state index >= 15 is 0 Å². The molecule has 16 heavy (non-hydrogen) atoms. The van der Waals surface area contributed by atoms with Gasteiger partial charge >= 0.3 is 0 Å². The van der Waals surface area contributed by atoms with Gasteiger partial charge in [-0.1, -0.05) is 12.1 Å². The fourth-order valence-corrected chi connectivity index (χ4v) is 1.49. The molecule has 1 aromatic heterocycles. The Labute approximate surface area is 96.0 Å². The quantitative estimate of drug-likeness (QED) is 0.771. The summed E-state index contributed by atoms with van der Waals surface area (Å²) in [4.78, 5) is 6.20. The summed E-state index contributed by atoms with van der Waals surface area (Å²) in [7, 11) is 0. The van der Waals surface area contributed by atoms with Crippen molar-refractivity contribution in [3.8, 4) is 11.3 Å². The number of nitrogens with zero attached hydrogens (tertiary/aromatic N) is 1. The van der Waals surface area contributed by atoms with Gasteiger partial charge in [-0.05, 0) is 30.8 Å². The lowest BCUT2D eigenvalue weighted by Crippen LogP contribution is -1.93. The number of benzene rings is 1. The molecule has 0 atom stereocenters. The monoisotopic (exact) mass is 238 g/mol. The first kappa shape index (κ1) is 10.9. The Kier molecular flexibility index (Phi) is 2.78. The molecule has 0 radical (unpaired) electrons.